The minimum atomic E-state index is -0.231. The van der Waals surface area contributed by atoms with Gasteiger partial charge in [0.25, 0.3) is 6.71 Å². The lowest BCUT2D eigenvalue weighted by molar-refractivity contribution is 0.332. The molecule has 374 valence electrons. The Balaban J connectivity index is 1.14. The number of nitrogens with zero attached hydrogens (tertiary/aromatic N) is 2. The Hall–Kier alpha value is -6.58. The van der Waals surface area contributed by atoms with Crippen LogP contribution >= 0.6 is 0 Å². The fourth-order valence-electron chi connectivity index (χ4n) is 16.2. The molecule has 0 amide bonds. The van der Waals surface area contributed by atoms with Gasteiger partial charge >= 0.3 is 0 Å². The van der Waals surface area contributed by atoms with Crippen molar-refractivity contribution in [2.75, 3.05) is 9.80 Å². The summed E-state index contributed by atoms with van der Waals surface area (Å²) in [5, 5.41) is 0. The highest BCUT2D eigenvalue weighted by Crippen LogP contribution is 2.59. The number of fused-ring (bicyclic) bond motifs is 12. The third-order valence-electron chi connectivity index (χ3n) is 20.7. The highest BCUT2D eigenvalue weighted by molar-refractivity contribution is 7.00. The molecule has 0 fully saturated rings. The van der Waals surface area contributed by atoms with Gasteiger partial charge in [-0.3, -0.25) is 0 Å². The molecule has 8 aromatic rings. The van der Waals surface area contributed by atoms with E-state index in [9.17, 15) is 0 Å². The topological polar surface area (TPSA) is 6.48 Å². The van der Waals surface area contributed by atoms with Gasteiger partial charge in [0.05, 0.1) is 5.69 Å². The van der Waals surface area contributed by atoms with Crippen molar-refractivity contribution in [1.82, 2.24) is 0 Å². The van der Waals surface area contributed by atoms with Crippen LogP contribution in [-0.2, 0) is 37.9 Å². The Morgan fingerprint density at radius 3 is 1.29 bits per heavy atom. The van der Waals surface area contributed by atoms with Gasteiger partial charge < -0.3 is 9.80 Å². The van der Waals surface area contributed by atoms with Gasteiger partial charge in [-0.05, 0) is 167 Å². The Labute approximate surface area is 448 Å². The predicted octanol–water partition coefficient (Wildman–Crippen LogP) is 16.7. The van der Waals surface area contributed by atoms with Crippen molar-refractivity contribution in [3.8, 4) is 11.1 Å². The maximum atomic E-state index is 2.74. The minimum Gasteiger partial charge on any atom is -0.311 e. The van der Waals surface area contributed by atoms with Crippen LogP contribution in [0.4, 0.5) is 34.1 Å². The van der Waals surface area contributed by atoms with E-state index in [4.69, 9.17) is 0 Å². The van der Waals surface area contributed by atoms with Crippen LogP contribution < -0.4 is 26.2 Å². The lowest BCUT2D eigenvalue weighted by Crippen LogP contribution is -2.62. The van der Waals surface area contributed by atoms with Gasteiger partial charge in [0.2, 0.25) is 0 Å². The van der Waals surface area contributed by atoms with Crippen LogP contribution in [0, 0.1) is 6.92 Å². The maximum absolute atomic E-state index is 2.74. The van der Waals surface area contributed by atoms with Gasteiger partial charge in [0.15, 0.2) is 0 Å². The van der Waals surface area contributed by atoms with E-state index in [2.05, 4.69) is 259 Å². The first-order valence-electron chi connectivity index (χ1n) is 28.1. The van der Waals surface area contributed by atoms with Crippen LogP contribution in [0.2, 0.25) is 0 Å². The van der Waals surface area contributed by atoms with E-state index >= 15 is 0 Å². The second-order valence-corrected chi connectivity index (χ2v) is 27.7. The molecular formula is C72H73BN2. The molecule has 2 heterocycles. The zero-order chi connectivity index (χ0) is 52.5. The molecular weight excluding hydrogens is 904 g/mol. The summed E-state index contributed by atoms with van der Waals surface area (Å²) in [6.07, 6.45) is 2.36. The molecule has 2 aliphatic heterocycles. The van der Waals surface area contributed by atoms with Gasteiger partial charge in [0, 0.05) is 61.1 Å². The van der Waals surface area contributed by atoms with E-state index in [1.807, 2.05) is 0 Å². The quantitative estimate of drug-likeness (QED) is 0.159. The lowest BCUT2D eigenvalue weighted by atomic mass is 9.32. The molecule has 2 nitrogen and oxygen atoms in total. The fraction of sp³-hybridized carbons (Fsp3) is 0.333. The van der Waals surface area contributed by atoms with Crippen molar-refractivity contribution >= 4 is 57.2 Å². The first-order chi connectivity index (χ1) is 35.4. The Kier molecular flexibility index (Phi) is 9.17. The summed E-state index contributed by atoms with van der Waals surface area (Å²) in [6, 6.07) is 58.4. The first-order valence-corrected chi connectivity index (χ1v) is 28.1. The van der Waals surface area contributed by atoms with E-state index in [0.717, 1.165) is 0 Å². The summed E-state index contributed by atoms with van der Waals surface area (Å²) in [5.41, 5.74) is 32.1. The van der Waals surface area contributed by atoms with Crippen molar-refractivity contribution < 1.29 is 0 Å². The van der Waals surface area contributed by atoms with E-state index in [1.54, 1.807) is 0 Å². The summed E-state index contributed by atoms with van der Waals surface area (Å²) >= 11 is 0. The number of aryl methyl sites for hydroxylation is 1. The summed E-state index contributed by atoms with van der Waals surface area (Å²) in [6.45, 7) is 36.8. The van der Waals surface area contributed by atoms with E-state index in [-0.39, 0.29) is 44.6 Å². The number of anilines is 6. The van der Waals surface area contributed by atoms with Crippen molar-refractivity contribution in [3.63, 3.8) is 0 Å². The van der Waals surface area contributed by atoms with Gasteiger partial charge in [-0.1, -0.05) is 200 Å². The number of hydrogen-bond acceptors (Lipinski definition) is 2. The minimum absolute atomic E-state index is 0.0376. The predicted molar refractivity (Wildman–Crippen MR) is 319 cm³/mol. The number of hydrogen-bond donors (Lipinski definition) is 0. The molecule has 8 aromatic carbocycles. The lowest BCUT2D eigenvalue weighted by Gasteiger charge is -2.50. The normalized spacial score (nSPS) is 20.0. The monoisotopic (exact) mass is 977 g/mol. The smallest absolute Gasteiger partial charge is 0.252 e. The van der Waals surface area contributed by atoms with Gasteiger partial charge in [-0.25, -0.2) is 0 Å². The molecule has 3 heteroatoms. The molecule has 14 rings (SSSR count). The van der Waals surface area contributed by atoms with Crippen molar-refractivity contribution in [3.05, 3.63) is 218 Å². The third kappa shape index (κ3) is 5.94. The molecule has 0 atom stereocenters. The van der Waals surface area contributed by atoms with Crippen LogP contribution in [0.5, 0.6) is 0 Å². The highest BCUT2D eigenvalue weighted by atomic mass is 15.2. The van der Waals surface area contributed by atoms with Gasteiger partial charge in [-0.15, -0.1) is 0 Å². The summed E-state index contributed by atoms with van der Waals surface area (Å²) in [7, 11) is 0. The molecule has 4 aliphatic carbocycles. The molecule has 0 spiro atoms. The highest BCUT2D eigenvalue weighted by Gasteiger charge is 2.51. The molecule has 0 saturated heterocycles. The first kappa shape index (κ1) is 46.9. The molecule has 0 aromatic heterocycles. The average molecular weight is 977 g/mol. The van der Waals surface area contributed by atoms with Crippen LogP contribution in [0.15, 0.2) is 146 Å². The zero-order valence-electron chi connectivity index (χ0n) is 47.2. The second-order valence-electron chi connectivity index (χ2n) is 27.7. The molecule has 0 N–H and O–H groups in total. The number of benzene rings is 8. The van der Waals surface area contributed by atoms with Crippen molar-refractivity contribution in [2.45, 2.75) is 155 Å². The molecule has 0 radical (unpaired) electrons. The van der Waals surface area contributed by atoms with Crippen LogP contribution in [-0.4, -0.2) is 6.71 Å². The number of rotatable bonds is 2. The maximum Gasteiger partial charge on any atom is 0.252 e. The Morgan fingerprint density at radius 2 is 0.760 bits per heavy atom. The Bertz CT molecular complexity index is 3850. The molecule has 0 saturated carbocycles. The van der Waals surface area contributed by atoms with E-state index in [1.165, 1.54) is 147 Å². The van der Waals surface area contributed by atoms with Gasteiger partial charge in [0.1, 0.15) is 0 Å². The average Bonchev–Trinajstić information content (AvgIpc) is 3.62. The second kappa shape index (κ2) is 14.7. The zero-order valence-corrected chi connectivity index (χ0v) is 47.2. The van der Waals surface area contributed by atoms with E-state index < -0.39 is 0 Å². The summed E-state index contributed by atoms with van der Waals surface area (Å²) in [5.74, 6) is 0. The molecule has 75 heavy (non-hydrogen) atoms. The van der Waals surface area contributed by atoms with Crippen molar-refractivity contribution in [1.29, 1.82) is 0 Å². The Morgan fingerprint density at radius 1 is 0.333 bits per heavy atom. The summed E-state index contributed by atoms with van der Waals surface area (Å²) < 4.78 is 0. The van der Waals surface area contributed by atoms with E-state index in [0.29, 0.717) is 0 Å². The molecule has 0 bridgehead atoms. The molecule has 0 unspecified atom stereocenters. The third-order valence-corrected chi connectivity index (χ3v) is 20.7. The summed E-state index contributed by atoms with van der Waals surface area (Å²) in [4.78, 5) is 5.46. The van der Waals surface area contributed by atoms with Crippen LogP contribution in [0.3, 0.4) is 0 Å². The van der Waals surface area contributed by atoms with Crippen LogP contribution in [0.25, 0.3) is 11.1 Å². The molecule has 6 aliphatic rings. The van der Waals surface area contributed by atoms with Gasteiger partial charge in [-0.2, -0.15) is 0 Å². The SMILES string of the molecule is Cc1cc2c3c(c1)N(c1cccc4c1-c1ccccc1C4(C)C)c1cc4c(cc1B3c1cc3c(cc1N2c1ccc2c(c1)C(C)(C)CCC2(C)C)C(C)(C)c1ccccc1C3(C)C)C(C)(C)c1ccccc1C4(C)C. The van der Waals surface area contributed by atoms with Crippen molar-refractivity contribution in [2.24, 2.45) is 0 Å². The fourth-order valence-corrected chi connectivity index (χ4v) is 16.2. The largest absolute Gasteiger partial charge is 0.311 e. The standard InChI is InChI=1S/C72H73BN2/c1-42-35-62-65-63(36-42)75(59-30-22-29-51-64(59)44-23-16-17-24-45(44)68(51,6)7)61-41-56-54(70(10,11)48-26-19-21-28-50(48)72(56,14)15)39-58(61)73(65)57-38-53-55(71(12,13)49-27-20-18-25-47(49)69(53,8)9)40-60(57)74(62)43-31-32-46-52(37-43)67(4,5)34-33-66(46,2)3/h16-32,35-41H,33-34H2,1-15H3. The van der Waals surface area contributed by atoms with Crippen LogP contribution in [0.1, 0.15) is 182 Å².